The average Bonchev–Trinajstić information content (AvgIpc) is 2.45. The van der Waals surface area contributed by atoms with Crippen LogP contribution in [0.1, 0.15) is 31.7 Å². The molecule has 110 valence electrons. The molecular weight excluding hydrogens is 252 g/mol. The van der Waals surface area contributed by atoms with Crippen molar-refractivity contribution in [3.8, 4) is 5.75 Å². The van der Waals surface area contributed by atoms with Crippen molar-refractivity contribution in [1.29, 1.82) is 0 Å². The van der Waals surface area contributed by atoms with E-state index in [2.05, 4.69) is 20.4 Å². The summed E-state index contributed by atoms with van der Waals surface area (Å²) in [5, 5.41) is 0. The lowest BCUT2D eigenvalue weighted by Gasteiger charge is -2.12. The zero-order valence-electron chi connectivity index (χ0n) is 12.4. The third-order valence-corrected chi connectivity index (χ3v) is 3.15. The number of ether oxygens (including phenoxy) is 2. The third-order valence-electron chi connectivity index (χ3n) is 3.15. The number of aryl methyl sites for hydroxylation is 1. The summed E-state index contributed by atoms with van der Waals surface area (Å²) in [6.07, 6.45) is 4.11. The fraction of sp³-hybridized carbons (Fsp3) is 0.471. The van der Waals surface area contributed by atoms with Crippen LogP contribution in [0.25, 0.3) is 0 Å². The summed E-state index contributed by atoms with van der Waals surface area (Å²) < 4.78 is 10.6. The van der Waals surface area contributed by atoms with Gasteiger partial charge in [0.05, 0.1) is 13.2 Å². The Morgan fingerprint density at radius 1 is 1.25 bits per heavy atom. The predicted octanol–water partition coefficient (Wildman–Crippen LogP) is 3.91. The smallest absolute Gasteiger partial charge is 0.330 e. The van der Waals surface area contributed by atoms with Crippen LogP contribution in [0.5, 0.6) is 5.75 Å². The normalized spacial score (nSPS) is 11.7. The number of rotatable bonds is 9. The van der Waals surface area contributed by atoms with Gasteiger partial charge in [0.2, 0.25) is 0 Å². The van der Waals surface area contributed by atoms with Crippen LogP contribution in [-0.4, -0.2) is 19.2 Å². The number of hydrogen-bond acceptors (Lipinski definition) is 3. The minimum atomic E-state index is -0.347. The van der Waals surface area contributed by atoms with Gasteiger partial charge in [0.15, 0.2) is 0 Å². The SMILES string of the molecule is C=CC(=O)OCCCC(C)CCOc1ccc(C)cc1. The molecular formula is C17H24O3. The molecule has 3 nitrogen and oxygen atoms in total. The van der Waals surface area contributed by atoms with E-state index in [1.165, 1.54) is 11.6 Å². The number of hydrogen-bond donors (Lipinski definition) is 0. The zero-order chi connectivity index (χ0) is 14.8. The highest BCUT2D eigenvalue weighted by Gasteiger charge is 2.04. The van der Waals surface area contributed by atoms with Crippen LogP contribution in [0, 0.1) is 12.8 Å². The van der Waals surface area contributed by atoms with Crippen molar-refractivity contribution in [2.24, 2.45) is 5.92 Å². The van der Waals surface area contributed by atoms with Crippen LogP contribution in [0.4, 0.5) is 0 Å². The average molecular weight is 276 g/mol. The van der Waals surface area contributed by atoms with E-state index in [-0.39, 0.29) is 5.97 Å². The van der Waals surface area contributed by atoms with Crippen molar-refractivity contribution >= 4 is 5.97 Å². The van der Waals surface area contributed by atoms with Gasteiger partial charge in [-0.25, -0.2) is 4.79 Å². The molecule has 1 atom stereocenters. The second kappa shape index (κ2) is 9.18. The number of carbonyl (C=O) groups is 1. The zero-order valence-corrected chi connectivity index (χ0v) is 12.4. The van der Waals surface area contributed by atoms with Gasteiger partial charge >= 0.3 is 5.97 Å². The lowest BCUT2D eigenvalue weighted by molar-refractivity contribution is -0.137. The van der Waals surface area contributed by atoms with E-state index in [9.17, 15) is 4.79 Å². The summed E-state index contributed by atoms with van der Waals surface area (Å²) in [6.45, 7) is 8.79. The minimum Gasteiger partial charge on any atom is -0.494 e. The van der Waals surface area contributed by atoms with Crippen LogP contribution >= 0.6 is 0 Å². The molecule has 0 aliphatic carbocycles. The van der Waals surface area contributed by atoms with Crippen molar-refractivity contribution in [3.63, 3.8) is 0 Å². The van der Waals surface area contributed by atoms with E-state index < -0.39 is 0 Å². The first-order chi connectivity index (χ1) is 9.61. The quantitative estimate of drug-likeness (QED) is 0.390. The summed E-state index contributed by atoms with van der Waals surface area (Å²) >= 11 is 0. The Labute approximate surface area is 121 Å². The Kier molecular flexibility index (Phi) is 7.48. The fourth-order valence-corrected chi connectivity index (χ4v) is 1.82. The molecule has 1 aromatic rings. The van der Waals surface area contributed by atoms with E-state index in [1.807, 2.05) is 24.3 Å². The number of esters is 1. The molecule has 0 amide bonds. The topological polar surface area (TPSA) is 35.5 Å². The maximum absolute atomic E-state index is 10.8. The Bertz CT molecular complexity index is 409. The number of carbonyl (C=O) groups excluding carboxylic acids is 1. The summed E-state index contributed by atoms with van der Waals surface area (Å²) in [4.78, 5) is 10.8. The number of benzene rings is 1. The molecule has 0 fully saturated rings. The molecule has 0 N–H and O–H groups in total. The molecule has 0 spiro atoms. The summed E-state index contributed by atoms with van der Waals surface area (Å²) in [6, 6.07) is 8.09. The van der Waals surface area contributed by atoms with Crippen molar-refractivity contribution in [2.75, 3.05) is 13.2 Å². The molecule has 1 rings (SSSR count). The van der Waals surface area contributed by atoms with Gasteiger partial charge in [-0.1, -0.05) is 31.2 Å². The Morgan fingerprint density at radius 2 is 1.95 bits per heavy atom. The molecule has 0 saturated carbocycles. The molecule has 0 aliphatic rings. The Morgan fingerprint density at radius 3 is 2.60 bits per heavy atom. The van der Waals surface area contributed by atoms with Crippen molar-refractivity contribution in [1.82, 2.24) is 0 Å². The molecule has 1 unspecified atom stereocenters. The van der Waals surface area contributed by atoms with Gasteiger partial charge in [-0.05, 0) is 44.2 Å². The van der Waals surface area contributed by atoms with Crippen molar-refractivity contribution in [2.45, 2.75) is 33.1 Å². The molecule has 0 aromatic heterocycles. The molecule has 0 radical (unpaired) electrons. The minimum absolute atomic E-state index is 0.347. The van der Waals surface area contributed by atoms with Crippen LogP contribution in [-0.2, 0) is 9.53 Å². The van der Waals surface area contributed by atoms with Crippen molar-refractivity contribution in [3.05, 3.63) is 42.5 Å². The lowest BCUT2D eigenvalue weighted by Crippen LogP contribution is -2.07. The monoisotopic (exact) mass is 276 g/mol. The molecule has 0 aliphatic heterocycles. The van der Waals surface area contributed by atoms with Gasteiger partial charge in [-0.3, -0.25) is 0 Å². The highest BCUT2D eigenvalue weighted by Crippen LogP contribution is 2.14. The van der Waals surface area contributed by atoms with E-state index in [1.54, 1.807) is 0 Å². The molecule has 1 aromatic carbocycles. The third kappa shape index (κ3) is 6.98. The van der Waals surface area contributed by atoms with E-state index >= 15 is 0 Å². The molecule has 20 heavy (non-hydrogen) atoms. The van der Waals surface area contributed by atoms with Gasteiger partial charge in [-0.2, -0.15) is 0 Å². The largest absolute Gasteiger partial charge is 0.494 e. The predicted molar refractivity (Wildman–Crippen MR) is 80.8 cm³/mol. The van der Waals surface area contributed by atoms with Gasteiger partial charge in [0.1, 0.15) is 5.75 Å². The standard InChI is InChI=1S/C17H24O3/c1-4-17(18)20-12-5-6-14(2)11-13-19-16-9-7-15(3)8-10-16/h4,7-10,14H,1,5-6,11-13H2,2-3H3. The molecule has 3 heteroatoms. The van der Waals surface area contributed by atoms with Gasteiger partial charge in [0, 0.05) is 6.08 Å². The maximum Gasteiger partial charge on any atom is 0.330 e. The summed E-state index contributed by atoms with van der Waals surface area (Å²) in [7, 11) is 0. The van der Waals surface area contributed by atoms with E-state index in [0.29, 0.717) is 12.5 Å². The highest BCUT2D eigenvalue weighted by atomic mass is 16.5. The van der Waals surface area contributed by atoms with E-state index in [4.69, 9.17) is 9.47 Å². The van der Waals surface area contributed by atoms with Crippen LogP contribution in [0.15, 0.2) is 36.9 Å². The second-order valence-electron chi connectivity index (χ2n) is 5.07. The Balaban J connectivity index is 2.08. The van der Waals surface area contributed by atoms with Crippen molar-refractivity contribution < 1.29 is 14.3 Å². The first-order valence-electron chi connectivity index (χ1n) is 7.10. The lowest BCUT2D eigenvalue weighted by atomic mass is 10.0. The fourth-order valence-electron chi connectivity index (χ4n) is 1.82. The van der Waals surface area contributed by atoms with Gasteiger partial charge < -0.3 is 9.47 Å². The maximum atomic E-state index is 10.8. The second-order valence-corrected chi connectivity index (χ2v) is 5.07. The van der Waals surface area contributed by atoms with Crippen LogP contribution in [0.3, 0.4) is 0 Å². The van der Waals surface area contributed by atoms with Crippen LogP contribution < -0.4 is 4.74 Å². The highest BCUT2D eigenvalue weighted by molar-refractivity contribution is 5.81. The summed E-state index contributed by atoms with van der Waals surface area (Å²) in [5.74, 6) is 1.13. The first kappa shape index (κ1) is 16.3. The molecule has 0 saturated heterocycles. The first-order valence-corrected chi connectivity index (χ1v) is 7.10. The molecule has 0 heterocycles. The van der Waals surface area contributed by atoms with Gasteiger partial charge in [-0.15, -0.1) is 0 Å². The molecule has 0 bridgehead atoms. The van der Waals surface area contributed by atoms with Crippen LogP contribution in [0.2, 0.25) is 0 Å². The summed E-state index contributed by atoms with van der Waals surface area (Å²) in [5.41, 5.74) is 1.24. The van der Waals surface area contributed by atoms with E-state index in [0.717, 1.165) is 31.6 Å². The Hall–Kier alpha value is -1.77. The van der Waals surface area contributed by atoms with Gasteiger partial charge in [0.25, 0.3) is 0 Å².